The van der Waals surface area contributed by atoms with Crippen molar-refractivity contribution in [2.75, 3.05) is 13.1 Å². The first-order chi connectivity index (χ1) is 16.8. The summed E-state index contributed by atoms with van der Waals surface area (Å²) in [7, 11) is 1.68. The van der Waals surface area contributed by atoms with Crippen LogP contribution in [0.1, 0.15) is 46.0 Å². The molecule has 5 nitrogen and oxygen atoms in total. The number of hydrogen-bond acceptors (Lipinski definition) is 2. The molecule has 1 aliphatic heterocycles. The third-order valence-corrected chi connectivity index (χ3v) is 7.77. The zero-order valence-corrected chi connectivity index (χ0v) is 21.4. The van der Waals surface area contributed by atoms with Crippen LogP contribution in [0.2, 0.25) is 10.0 Å². The van der Waals surface area contributed by atoms with E-state index in [2.05, 4.69) is 0 Å². The van der Waals surface area contributed by atoms with Crippen LogP contribution in [0.4, 0.5) is 13.2 Å². The van der Waals surface area contributed by atoms with Gasteiger partial charge in [0, 0.05) is 48.7 Å². The molecule has 0 saturated carbocycles. The van der Waals surface area contributed by atoms with E-state index in [1.807, 2.05) is 0 Å². The fourth-order valence-electron chi connectivity index (χ4n) is 5.11. The van der Waals surface area contributed by atoms with Gasteiger partial charge in [0.05, 0.1) is 22.1 Å². The third-order valence-electron chi connectivity index (χ3n) is 6.99. The lowest BCUT2D eigenvalue weighted by Crippen LogP contribution is -2.45. The van der Waals surface area contributed by atoms with E-state index in [4.69, 9.17) is 23.2 Å². The number of piperidine rings is 1. The van der Waals surface area contributed by atoms with Gasteiger partial charge in [-0.05, 0) is 60.2 Å². The van der Waals surface area contributed by atoms with Crippen LogP contribution in [0.15, 0.2) is 30.5 Å². The predicted octanol–water partition coefficient (Wildman–Crippen LogP) is 6.59. The molecular weight excluding hydrogens is 516 g/mol. The molecule has 1 amide bonds. The van der Waals surface area contributed by atoms with Gasteiger partial charge < -0.3 is 14.6 Å². The van der Waals surface area contributed by atoms with Gasteiger partial charge in [-0.25, -0.2) is 0 Å². The van der Waals surface area contributed by atoms with Crippen molar-refractivity contribution in [3.8, 4) is 0 Å². The van der Waals surface area contributed by atoms with E-state index in [0.717, 1.165) is 17.7 Å². The molecular formula is C26H25Cl2F3N2O3. The lowest BCUT2D eigenvalue weighted by atomic mass is 9.86. The highest BCUT2D eigenvalue weighted by molar-refractivity contribution is 6.38. The molecule has 0 radical (unpaired) electrons. The highest BCUT2D eigenvalue weighted by atomic mass is 35.5. The number of nitrogens with zero attached hydrogens (tertiary/aromatic N) is 2. The van der Waals surface area contributed by atoms with Crippen LogP contribution in [0.25, 0.3) is 10.9 Å². The van der Waals surface area contributed by atoms with Crippen molar-refractivity contribution in [1.82, 2.24) is 9.47 Å². The number of halogens is 5. The number of aryl methyl sites for hydroxylation is 2. The van der Waals surface area contributed by atoms with Crippen LogP contribution in [0, 0.1) is 18.8 Å². The largest absolute Gasteiger partial charge is 0.481 e. The summed E-state index contributed by atoms with van der Waals surface area (Å²) >= 11 is 13.2. The molecule has 0 bridgehead atoms. The Bertz CT molecular complexity index is 1370. The summed E-state index contributed by atoms with van der Waals surface area (Å²) in [5.41, 5.74) is 1.70. The number of fused-ring (bicyclic) bond motifs is 1. The quantitative estimate of drug-likeness (QED) is 0.406. The Morgan fingerprint density at radius 2 is 1.89 bits per heavy atom. The summed E-state index contributed by atoms with van der Waals surface area (Å²) in [6.07, 6.45) is -2.13. The summed E-state index contributed by atoms with van der Waals surface area (Å²) < 4.78 is 41.6. The fourth-order valence-corrected chi connectivity index (χ4v) is 5.70. The number of aromatic nitrogens is 1. The molecule has 2 aromatic carbocycles. The Morgan fingerprint density at radius 1 is 1.19 bits per heavy atom. The number of carboxylic acids is 1. The topological polar surface area (TPSA) is 62.5 Å². The zero-order valence-electron chi connectivity index (χ0n) is 19.9. The van der Waals surface area contributed by atoms with Gasteiger partial charge in [-0.15, -0.1) is 0 Å². The second kappa shape index (κ2) is 9.63. The van der Waals surface area contributed by atoms with Crippen molar-refractivity contribution in [2.24, 2.45) is 18.9 Å². The van der Waals surface area contributed by atoms with Crippen molar-refractivity contribution >= 4 is 46.0 Å². The Labute approximate surface area is 216 Å². The zero-order chi connectivity index (χ0) is 26.5. The predicted molar refractivity (Wildman–Crippen MR) is 133 cm³/mol. The molecule has 2 atom stereocenters. The number of carbonyl (C=O) groups is 2. The maximum atomic E-state index is 13.3. The SMILES string of the molecule is Cc1cc(C(F)(F)F)cc2c1c(Cc1c(Cl)ccc(C(=O)N3CC[C@@H](C(=O)O)[C@@H](C)C3)c1Cl)cn2C. The van der Waals surface area contributed by atoms with Gasteiger partial charge in [-0.1, -0.05) is 30.1 Å². The Kier molecular flexibility index (Phi) is 7.05. The minimum Gasteiger partial charge on any atom is -0.481 e. The molecule has 4 rings (SSSR count). The lowest BCUT2D eigenvalue weighted by Gasteiger charge is -2.35. The van der Waals surface area contributed by atoms with Crippen LogP contribution >= 0.6 is 23.2 Å². The number of amides is 1. The summed E-state index contributed by atoms with van der Waals surface area (Å²) in [4.78, 5) is 26.3. The van der Waals surface area contributed by atoms with Crippen LogP contribution in [-0.2, 0) is 24.4 Å². The number of carbonyl (C=O) groups excluding carboxylic acids is 1. The highest BCUT2D eigenvalue weighted by Gasteiger charge is 2.34. The molecule has 10 heteroatoms. The second-order valence-corrected chi connectivity index (χ2v) is 10.3. The maximum Gasteiger partial charge on any atom is 0.416 e. The molecule has 1 aliphatic rings. The van der Waals surface area contributed by atoms with Crippen LogP contribution in [0.5, 0.6) is 0 Å². The van der Waals surface area contributed by atoms with Crippen molar-refractivity contribution in [3.63, 3.8) is 0 Å². The minimum absolute atomic E-state index is 0.182. The molecule has 192 valence electrons. The number of carboxylic acid groups (broad SMARTS) is 1. The number of likely N-dealkylation sites (tertiary alicyclic amines) is 1. The minimum atomic E-state index is -4.46. The Hall–Kier alpha value is -2.71. The number of rotatable bonds is 4. The third kappa shape index (κ3) is 4.81. The summed E-state index contributed by atoms with van der Waals surface area (Å²) in [5, 5.41) is 10.6. The smallest absolute Gasteiger partial charge is 0.416 e. The van der Waals surface area contributed by atoms with E-state index in [0.29, 0.717) is 46.6 Å². The van der Waals surface area contributed by atoms with E-state index in [-0.39, 0.29) is 28.8 Å². The molecule has 1 aromatic heterocycles. The van der Waals surface area contributed by atoms with Gasteiger partial charge in [-0.2, -0.15) is 13.2 Å². The normalized spacial score (nSPS) is 18.6. The van der Waals surface area contributed by atoms with Crippen molar-refractivity contribution in [3.05, 3.63) is 68.3 Å². The van der Waals surface area contributed by atoms with Gasteiger partial charge in [-0.3, -0.25) is 9.59 Å². The molecule has 3 aromatic rings. The van der Waals surface area contributed by atoms with E-state index in [1.54, 1.807) is 48.7 Å². The van der Waals surface area contributed by atoms with Gasteiger partial charge >= 0.3 is 12.1 Å². The summed E-state index contributed by atoms with van der Waals surface area (Å²) in [6, 6.07) is 5.38. The molecule has 36 heavy (non-hydrogen) atoms. The summed E-state index contributed by atoms with van der Waals surface area (Å²) in [6.45, 7) is 4.04. The number of alkyl halides is 3. The number of hydrogen-bond donors (Lipinski definition) is 1. The molecule has 0 unspecified atom stereocenters. The lowest BCUT2D eigenvalue weighted by molar-refractivity contribution is -0.145. The van der Waals surface area contributed by atoms with E-state index >= 15 is 0 Å². The van der Waals surface area contributed by atoms with Gasteiger partial charge in [0.25, 0.3) is 5.91 Å². The van der Waals surface area contributed by atoms with Gasteiger partial charge in [0.2, 0.25) is 0 Å². The average molecular weight is 541 g/mol. The average Bonchev–Trinajstić information content (AvgIpc) is 3.11. The van der Waals surface area contributed by atoms with Crippen molar-refractivity contribution in [2.45, 2.75) is 32.9 Å². The van der Waals surface area contributed by atoms with E-state index in [1.165, 1.54) is 0 Å². The second-order valence-electron chi connectivity index (χ2n) is 9.48. The van der Waals surface area contributed by atoms with Gasteiger partial charge in [0.1, 0.15) is 0 Å². The van der Waals surface area contributed by atoms with Crippen LogP contribution in [0.3, 0.4) is 0 Å². The standard InChI is InChI=1S/C26H25Cl2F3N2O3/c1-13-8-16(26(29,30)31)10-21-22(13)15(12-32(21)3)9-19-20(27)5-4-18(23(19)28)24(34)33-7-6-17(25(35)36)14(2)11-33/h4-5,8,10,12,14,17H,6-7,9,11H2,1-3H3,(H,35,36)/t14-,17+/m0/s1. The molecule has 1 fully saturated rings. The van der Waals surface area contributed by atoms with E-state index in [9.17, 15) is 27.9 Å². The molecule has 2 heterocycles. The first-order valence-electron chi connectivity index (χ1n) is 11.4. The first kappa shape index (κ1) is 26.4. The number of aliphatic carboxylic acids is 1. The first-order valence-corrected chi connectivity index (χ1v) is 12.2. The fraction of sp³-hybridized carbons (Fsp3) is 0.385. The molecule has 1 N–H and O–H groups in total. The maximum absolute atomic E-state index is 13.3. The molecule has 0 aliphatic carbocycles. The summed E-state index contributed by atoms with van der Waals surface area (Å²) in [5.74, 6) is -1.88. The number of benzene rings is 2. The van der Waals surface area contributed by atoms with Crippen LogP contribution < -0.4 is 0 Å². The van der Waals surface area contributed by atoms with Crippen molar-refractivity contribution < 1.29 is 27.9 Å². The van der Waals surface area contributed by atoms with Gasteiger partial charge in [0.15, 0.2) is 0 Å². The Balaban J connectivity index is 1.68. The van der Waals surface area contributed by atoms with Crippen molar-refractivity contribution in [1.29, 1.82) is 0 Å². The monoisotopic (exact) mass is 540 g/mol. The highest BCUT2D eigenvalue weighted by Crippen LogP contribution is 2.38. The Morgan fingerprint density at radius 3 is 2.50 bits per heavy atom. The van der Waals surface area contributed by atoms with Crippen LogP contribution in [-0.4, -0.2) is 39.5 Å². The molecule has 0 spiro atoms. The molecule has 1 saturated heterocycles. The van der Waals surface area contributed by atoms with E-state index < -0.39 is 23.6 Å².